The number of amides is 1. The van der Waals surface area contributed by atoms with E-state index in [1.165, 1.54) is 32.0 Å². The van der Waals surface area contributed by atoms with Gasteiger partial charge >= 0.3 is 0 Å². The molecule has 8 rings (SSSR count). The molecule has 0 radical (unpaired) electrons. The predicted octanol–water partition coefficient (Wildman–Crippen LogP) is 4.73. The summed E-state index contributed by atoms with van der Waals surface area (Å²) >= 11 is 0. The second kappa shape index (κ2) is 10.2. The number of nitrogens with zero attached hydrogens (tertiary/aromatic N) is 8. The van der Waals surface area contributed by atoms with Gasteiger partial charge in [0.25, 0.3) is 0 Å². The number of likely N-dealkylation sites (tertiary alicyclic amines) is 1. The van der Waals surface area contributed by atoms with Gasteiger partial charge in [0.1, 0.15) is 29.7 Å². The Morgan fingerprint density at radius 2 is 1.79 bits per heavy atom. The molecule has 0 saturated carbocycles. The Balaban J connectivity index is 0.964. The first kappa shape index (κ1) is 25.9. The number of pyridine rings is 1. The topological polar surface area (TPSA) is 105 Å². The molecule has 43 heavy (non-hydrogen) atoms. The van der Waals surface area contributed by atoms with Gasteiger partial charge in [-0.05, 0) is 87.2 Å². The number of hydrogen-bond acceptors (Lipinski definition) is 8. The highest BCUT2D eigenvalue weighted by atomic mass is 16.5. The smallest absolute Gasteiger partial charge is 0.246 e. The summed E-state index contributed by atoms with van der Waals surface area (Å²) in [6, 6.07) is 11.8. The fourth-order valence-corrected chi connectivity index (χ4v) is 6.97. The van der Waals surface area contributed by atoms with Gasteiger partial charge in [0.05, 0.1) is 0 Å². The summed E-state index contributed by atoms with van der Waals surface area (Å²) < 4.78 is 9.69. The first-order valence-electron chi connectivity index (χ1n) is 15.0. The van der Waals surface area contributed by atoms with E-state index in [-0.39, 0.29) is 17.4 Å². The molecule has 3 fully saturated rings. The monoisotopic (exact) mass is 575 g/mol. The van der Waals surface area contributed by atoms with E-state index >= 15 is 0 Å². The minimum Gasteiger partial charge on any atom is -0.457 e. The molecule has 3 aliphatic rings. The molecule has 0 unspecified atom stereocenters. The summed E-state index contributed by atoms with van der Waals surface area (Å²) in [5.74, 6) is 2.53. The number of carbonyl (C=O) groups excluding carboxylic acids is 1. The molecule has 0 spiro atoms. The molecule has 4 aromatic heterocycles. The van der Waals surface area contributed by atoms with Crippen LogP contribution in [-0.2, 0) is 4.79 Å². The molecule has 218 valence electrons. The first-order valence-corrected chi connectivity index (χ1v) is 15.0. The number of benzene rings is 1. The maximum absolute atomic E-state index is 13.0. The minimum atomic E-state index is 0.113. The predicted molar refractivity (Wildman–Crippen MR) is 162 cm³/mol. The Hall–Kier alpha value is -4.77. The number of anilines is 2. The van der Waals surface area contributed by atoms with Crippen LogP contribution in [0.1, 0.15) is 42.7 Å². The van der Waals surface area contributed by atoms with Gasteiger partial charge in [-0.25, -0.2) is 19.0 Å². The van der Waals surface area contributed by atoms with E-state index in [4.69, 9.17) is 4.74 Å². The van der Waals surface area contributed by atoms with Gasteiger partial charge < -0.3 is 15.0 Å². The number of aromatic nitrogens is 6. The summed E-state index contributed by atoms with van der Waals surface area (Å²) in [6.07, 6.45) is 15.7. The van der Waals surface area contributed by atoms with E-state index in [9.17, 15) is 4.79 Å². The molecular weight excluding hydrogens is 542 g/mol. The number of ether oxygens (including phenoxy) is 1. The van der Waals surface area contributed by atoms with Gasteiger partial charge in [0.2, 0.25) is 5.91 Å². The fourth-order valence-electron chi connectivity index (χ4n) is 6.97. The highest BCUT2D eigenvalue weighted by Gasteiger charge is 2.42. The third-order valence-corrected chi connectivity index (χ3v) is 9.28. The van der Waals surface area contributed by atoms with Crippen LogP contribution in [0.4, 0.5) is 11.5 Å². The molecule has 5 aromatic rings. The van der Waals surface area contributed by atoms with Crippen molar-refractivity contribution >= 4 is 28.6 Å². The van der Waals surface area contributed by atoms with Crippen molar-refractivity contribution in [2.75, 3.05) is 31.5 Å². The first-order chi connectivity index (χ1) is 21.0. The lowest BCUT2D eigenvalue weighted by Gasteiger charge is -2.39. The van der Waals surface area contributed by atoms with E-state index in [0.29, 0.717) is 18.8 Å². The lowest BCUT2D eigenvalue weighted by atomic mass is 9.91. The number of hydrogen-bond donors (Lipinski definition) is 1. The molecule has 0 aliphatic carbocycles. The molecule has 1 N–H and O–H groups in total. The molecule has 1 amide bonds. The summed E-state index contributed by atoms with van der Waals surface area (Å²) in [6.45, 7) is 5.71. The fraction of sp³-hybridized carbons (Fsp3) is 0.344. The Morgan fingerprint density at radius 1 is 1.00 bits per heavy atom. The molecular formula is C32H33N9O2. The van der Waals surface area contributed by atoms with Crippen LogP contribution in [0.3, 0.4) is 0 Å². The van der Waals surface area contributed by atoms with Gasteiger partial charge in [-0.15, -0.1) is 0 Å². The maximum Gasteiger partial charge on any atom is 0.246 e. The third-order valence-electron chi connectivity index (χ3n) is 9.28. The van der Waals surface area contributed by atoms with Crippen molar-refractivity contribution in [3.05, 3.63) is 84.7 Å². The highest BCUT2D eigenvalue weighted by molar-refractivity contribution is 5.89. The summed E-state index contributed by atoms with van der Waals surface area (Å²) in [5, 5.41) is 12.1. The van der Waals surface area contributed by atoms with Crippen LogP contribution >= 0.6 is 0 Å². The summed E-state index contributed by atoms with van der Waals surface area (Å²) in [4.78, 5) is 26.3. The van der Waals surface area contributed by atoms with E-state index in [2.05, 4.69) is 42.5 Å². The number of rotatable bonds is 7. The molecule has 1 aromatic carbocycles. The minimum absolute atomic E-state index is 0.113. The molecule has 3 saturated heterocycles. The van der Waals surface area contributed by atoms with Crippen LogP contribution < -0.4 is 10.1 Å². The maximum atomic E-state index is 13.0. The zero-order valence-electron chi connectivity index (χ0n) is 24.1. The van der Waals surface area contributed by atoms with Gasteiger partial charge in [-0.2, -0.15) is 10.2 Å². The second-order valence-corrected chi connectivity index (χ2v) is 11.9. The average Bonchev–Trinajstić information content (AvgIpc) is 3.77. The number of aryl methyl sites for hydroxylation is 1. The number of fused-ring (bicyclic) bond motifs is 3. The largest absolute Gasteiger partial charge is 0.457 e. The van der Waals surface area contributed by atoms with Crippen molar-refractivity contribution in [3.63, 3.8) is 0 Å². The zero-order chi connectivity index (χ0) is 29.0. The lowest BCUT2D eigenvalue weighted by Crippen LogP contribution is -2.48. The SMILES string of the molecule is Cc1cc(Nc2ncnn3ccc(C4CN(C(=O)/C=C\C56CCCN5CCC6)C4)c23)ccc1Oc1ccn2ncnc2c1. The van der Waals surface area contributed by atoms with E-state index in [1.54, 1.807) is 10.8 Å². The van der Waals surface area contributed by atoms with E-state index in [1.807, 2.05) is 65.1 Å². The summed E-state index contributed by atoms with van der Waals surface area (Å²) in [7, 11) is 0. The Morgan fingerprint density at radius 3 is 2.63 bits per heavy atom. The molecule has 0 bridgehead atoms. The normalized spacial score (nSPS) is 18.5. The number of nitrogens with one attached hydrogen (secondary N) is 1. The van der Waals surface area contributed by atoms with Crippen LogP contribution in [-0.4, -0.2) is 76.6 Å². The lowest BCUT2D eigenvalue weighted by molar-refractivity contribution is -0.130. The van der Waals surface area contributed by atoms with Gasteiger partial charge in [0, 0.05) is 54.8 Å². The van der Waals surface area contributed by atoms with Crippen molar-refractivity contribution in [1.82, 2.24) is 39.0 Å². The van der Waals surface area contributed by atoms with Crippen molar-refractivity contribution in [3.8, 4) is 11.5 Å². The van der Waals surface area contributed by atoms with Crippen LogP contribution in [0.2, 0.25) is 0 Å². The molecule has 7 heterocycles. The Bertz CT molecular complexity index is 1860. The standard InChI is InChI=1S/C32H33N9O2/c1-22-16-24(4-5-27(22)43-25-7-14-40-28(17-25)33-20-35-40)37-31-30-26(8-15-41(30)36-21-34-31)23-18-38(19-23)29(42)6-11-32-9-2-12-39(32)13-3-10-32/h4-8,11,14-17,20-21,23H,2-3,9-10,12-13,18-19H2,1H3,(H,34,36,37)/b11-6-. The van der Waals surface area contributed by atoms with Gasteiger partial charge in [-0.3, -0.25) is 9.69 Å². The Kier molecular flexibility index (Phi) is 6.14. The molecule has 3 aliphatic heterocycles. The summed E-state index contributed by atoms with van der Waals surface area (Å²) in [5.41, 5.74) is 4.79. The highest BCUT2D eigenvalue weighted by Crippen LogP contribution is 2.40. The van der Waals surface area contributed by atoms with Crippen LogP contribution in [0.5, 0.6) is 11.5 Å². The van der Waals surface area contributed by atoms with Crippen molar-refractivity contribution in [2.24, 2.45) is 0 Å². The molecule has 11 nitrogen and oxygen atoms in total. The van der Waals surface area contributed by atoms with Crippen molar-refractivity contribution in [2.45, 2.75) is 44.1 Å². The third kappa shape index (κ3) is 4.60. The quantitative estimate of drug-likeness (QED) is 0.278. The van der Waals surface area contributed by atoms with Gasteiger partial charge in [-0.1, -0.05) is 6.08 Å². The second-order valence-electron chi connectivity index (χ2n) is 11.9. The number of carbonyl (C=O) groups is 1. The van der Waals surface area contributed by atoms with E-state index < -0.39 is 0 Å². The molecule has 0 atom stereocenters. The zero-order valence-corrected chi connectivity index (χ0v) is 24.1. The van der Waals surface area contributed by atoms with Gasteiger partial charge in [0.15, 0.2) is 11.5 Å². The van der Waals surface area contributed by atoms with Crippen molar-refractivity contribution < 1.29 is 9.53 Å². The Labute approximate surface area is 248 Å². The molecule has 11 heteroatoms. The van der Waals surface area contributed by atoms with Crippen LogP contribution in [0.15, 0.2) is 73.6 Å². The average molecular weight is 576 g/mol. The van der Waals surface area contributed by atoms with Crippen LogP contribution in [0.25, 0.3) is 11.2 Å². The van der Waals surface area contributed by atoms with Crippen LogP contribution in [0, 0.1) is 6.92 Å². The van der Waals surface area contributed by atoms with E-state index in [0.717, 1.165) is 52.6 Å². The van der Waals surface area contributed by atoms with Crippen molar-refractivity contribution in [1.29, 1.82) is 0 Å².